The van der Waals surface area contributed by atoms with Crippen LogP contribution in [0.15, 0.2) is 48.5 Å². The summed E-state index contributed by atoms with van der Waals surface area (Å²) in [6, 6.07) is 13.2. The van der Waals surface area contributed by atoms with E-state index >= 15 is 0 Å². The predicted octanol–water partition coefficient (Wildman–Crippen LogP) is 4.64. The number of halogens is 3. The van der Waals surface area contributed by atoms with Crippen LogP contribution in [0.2, 0.25) is 0 Å². The van der Waals surface area contributed by atoms with E-state index in [1.807, 2.05) is 19.2 Å². The number of nitrogens with zero attached hydrogens (tertiary/aromatic N) is 2. The summed E-state index contributed by atoms with van der Waals surface area (Å²) in [5.74, 6) is 0.608. The third kappa shape index (κ3) is 5.45. The molecule has 1 N–H and O–H groups in total. The number of ether oxygens (including phenoxy) is 1. The first-order valence-corrected chi connectivity index (χ1v) is 8.91. The number of phenols is 1. The number of alkyl halides is 3. The van der Waals surface area contributed by atoms with E-state index in [0.29, 0.717) is 5.92 Å². The van der Waals surface area contributed by atoms with Gasteiger partial charge in [-0.25, -0.2) is 0 Å². The van der Waals surface area contributed by atoms with Crippen molar-refractivity contribution in [3.05, 3.63) is 48.5 Å². The molecule has 0 bridgehead atoms. The van der Waals surface area contributed by atoms with Gasteiger partial charge in [0.25, 0.3) is 0 Å². The quantitative estimate of drug-likeness (QED) is 0.820. The minimum atomic E-state index is -4.66. The average Bonchev–Trinajstić information content (AvgIpc) is 2.62. The molecular weight excluding hydrogens is 357 g/mol. The predicted molar refractivity (Wildman–Crippen MR) is 99.4 cm³/mol. The lowest BCUT2D eigenvalue weighted by Gasteiger charge is -2.35. The van der Waals surface area contributed by atoms with E-state index in [0.717, 1.165) is 43.9 Å². The Balaban J connectivity index is 1.50. The van der Waals surface area contributed by atoms with Crippen LogP contribution >= 0.6 is 0 Å². The van der Waals surface area contributed by atoms with Crippen molar-refractivity contribution in [1.29, 1.82) is 0 Å². The van der Waals surface area contributed by atoms with Crippen LogP contribution in [0.3, 0.4) is 0 Å². The third-order valence-corrected chi connectivity index (χ3v) is 4.87. The molecule has 0 spiro atoms. The van der Waals surface area contributed by atoms with Crippen LogP contribution in [-0.4, -0.2) is 38.2 Å². The van der Waals surface area contributed by atoms with Crippen molar-refractivity contribution in [3.63, 3.8) is 0 Å². The molecule has 2 aromatic carbocycles. The minimum absolute atomic E-state index is 0.198. The molecule has 146 valence electrons. The molecule has 4 nitrogen and oxygen atoms in total. The topological polar surface area (TPSA) is 35.9 Å². The molecule has 1 aliphatic heterocycles. The molecule has 1 aliphatic rings. The van der Waals surface area contributed by atoms with Gasteiger partial charge in [-0.3, -0.25) is 0 Å². The number of hydrogen-bond donors (Lipinski definition) is 1. The van der Waals surface area contributed by atoms with Crippen molar-refractivity contribution in [3.8, 4) is 11.5 Å². The first-order valence-electron chi connectivity index (χ1n) is 8.91. The molecule has 1 heterocycles. The Labute approximate surface area is 156 Å². The smallest absolute Gasteiger partial charge is 0.508 e. The average molecular weight is 380 g/mol. The Kier molecular flexibility index (Phi) is 5.68. The van der Waals surface area contributed by atoms with Gasteiger partial charge in [-0.15, -0.1) is 13.2 Å². The zero-order valence-electron chi connectivity index (χ0n) is 15.1. The summed E-state index contributed by atoms with van der Waals surface area (Å²) in [5, 5.41) is 9.38. The molecule has 7 heteroatoms. The second kappa shape index (κ2) is 7.98. The maximum atomic E-state index is 12.2. The summed E-state index contributed by atoms with van der Waals surface area (Å²) in [4.78, 5) is 4.37. The normalized spacial score (nSPS) is 15.6. The molecule has 27 heavy (non-hydrogen) atoms. The summed E-state index contributed by atoms with van der Waals surface area (Å²) in [6.07, 6.45) is -2.63. The maximum absolute atomic E-state index is 12.2. The Hall–Kier alpha value is -2.57. The molecule has 0 aliphatic carbocycles. The Morgan fingerprint density at radius 1 is 1.04 bits per heavy atom. The van der Waals surface area contributed by atoms with Gasteiger partial charge < -0.3 is 19.6 Å². The van der Waals surface area contributed by atoms with Crippen molar-refractivity contribution < 1.29 is 23.0 Å². The Morgan fingerprint density at radius 2 is 1.63 bits per heavy atom. The van der Waals surface area contributed by atoms with Crippen LogP contribution in [-0.2, 0) is 0 Å². The summed E-state index contributed by atoms with van der Waals surface area (Å²) < 4.78 is 40.6. The van der Waals surface area contributed by atoms with Gasteiger partial charge in [0.15, 0.2) is 0 Å². The fraction of sp³-hybridized carbons (Fsp3) is 0.400. The monoisotopic (exact) mass is 380 g/mol. The van der Waals surface area contributed by atoms with Crippen LogP contribution in [0.5, 0.6) is 11.5 Å². The molecular formula is C20H23F3N2O2. The zero-order chi connectivity index (χ0) is 19.4. The van der Waals surface area contributed by atoms with Crippen molar-refractivity contribution >= 4 is 11.4 Å². The van der Waals surface area contributed by atoms with Crippen molar-refractivity contribution in [2.24, 2.45) is 5.92 Å². The molecule has 0 atom stereocenters. The summed E-state index contributed by atoms with van der Waals surface area (Å²) in [7, 11) is 2.04. The summed E-state index contributed by atoms with van der Waals surface area (Å²) in [6.45, 7) is 2.66. The van der Waals surface area contributed by atoms with Gasteiger partial charge >= 0.3 is 6.36 Å². The lowest BCUT2D eigenvalue weighted by Crippen LogP contribution is -2.37. The number of piperidine rings is 1. The van der Waals surface area contributed by atoms with Gasteiger partial charge in [0.2, 0.25) is 0 Å². The molecule has 0 saturated carbocycles. The highest BCUT2D eigenvalue weighted by Gasteiger charge is 2.31. The molecule has 3 rings (SSSR count). The lowest BCUT2D eigenvalue weighted by molar-refractivity contribution is -0.274. The van der Waals surface area contributed by atoms with E-state index in [1.54, 1.807) is 24.3 Å². The highest BCUT2D eigenvalue weighted by molar-refractivity contribution is 5.50. The second-order valence-electron chi connectivity index (χ2n) is 6.87. The highest BCUT2D eigenvalue weighted by Crippen LogP contribution is 2.28. The molecule has 0 amide bonds. The third-order valence-electron chi connectivity index (χ3n) is 4.87. The lowest BCUT2D eigenvalue weighted by atomic mass is 9.95. The fourth-order valence-electron chi connectivity index (χ4n) is 3.43. The van der Waals surface area contributed by atoms with Crippen LogP contribution in [0.25, 0.3) is 0 Å². The molecule has 0 unspecified atom stereocenters. The highest BCUT2D eigenvalue weighted by atomic mass is 19.4. The second-order valence-corrected chi connectivity index (χ2v) is 6.87. The molecule has 1 saturated heterocycles. The SMILES string of the molecule is CN(CC1CCN(c2ccc(OC(F)(F)F)cc2)CC1)c1ccc(O)cc1. The molecule has 2 aromatic rings. The van der Waals surface area contributed by atoms with Gasteiger partial charge in [-0.2, -0.15) is 0 Å². The van der Waals surface area contributed by atoms with Gasteiger partial charge in [-0.1, -0.05) is 0 Å². The summed E-state index contributed by atoms with van der Waals surface area (Å²) in [5.41, 5.74) is 1.98. The van der Waals surface area contributed by atoms with Gasteiger partial charge in [0.05, 0.1) is 0 Å². The van der Waals surface area contributed by atoms with Crippen molar-refractivity contribution in [2.75, 3.05) is 36.5 Å². The van der Waals surface area contributed by atoms with E-state index in [-0.39, 0.29) is 11.5 Å². The molecule has 1 fully saturated rings. The number of anilines is 2. The van der Waals surface area contributed by atoms with Gasteiger partial charge in [0, 0.05) is 38.1 Å². The van der Waals surface area contributed by atoms with E-state index in [1.165, 1.54) is 12.1 Å². The van der Waals surface area contributed by atoms with Crippen LogP contribution in [0, 0.1) is 5.92 Å². The van der Waals surface area contributed by atoms with E-state index in [9.17, 15) is 18.3 Å². The first kappa shape index (κ1) is 19.2. The minimum Gasteiger partial charge on any atom is -0.508 e. The standard InChI is InChI=1S/C20H23F3N2O2/c1-24(16-2-6-18(26)7-3-16)14-15-10-12-25(13-11-15)17-4-8-19(9-5-17)27-20(21,22)23/h2-9,15,26H,10-14H2,1H3. The number of phenolic OH excluding ortho intramolecular Hbond substituents is 1. The van der Waals surface area contributed by atoms with Crippen molar-refractivity contribution in [1.82, 2.24) is 0 Å². The van der Waals surface area contributed by atoms with Crippen LogP contribution < -0.4 is 14.5 Å². The Bertz CT molecular complexity index is 724. The van der Waals surface area contributed by atoms with Gasteiger partial charge in [0.1, 0.15) is 11.5 Å². The molecule has 0 radical (unpaired) electrons. The number of hydrogen-bond acceptors (Lipinski definition) is 4. The fourth-order valence-corrected chi connectivity index (χ4v) is 3.43. The zero-order valence-corrected chi connectivity index (χ0v) is 15.1. The summed E-state index contributed by atoms with van der Waals surface area (Å²) >= 11 is 0. The molecule has 0 aromatic heterocycles. The van der Waals surface area contributed by atoms with Gasteiger partial charge in [-0.05, 0) is 67.3 Å². The van der Waals surface area contributed by atoms with Crippen molar-refractivity contribution in [2.45, 2.75) is 19.2 Å². The number of benzene rings is 2. The Morgan fingerprint density at radius 3 is 2.19 bits per heavy atom. The number of rotatable bonds is 5. The van der Waals surface area contributed by atoms with E-state index in [2.05, 4.69) is 14.5 Å². The van der Waals surface area contributed by atoms with Crippen LogP contribution in [0.1, 0.15) is 12.8 Å². The first-order chi connectivity index (χ1) is 12.8. The number of aromatic hydroxyl groups is 1. The van der Waals surface area contributed by atoms with Crippen LogP contribution in [0.4, 0.5) is 24.5 Å². The largest absolute Gasteiger partial charge is 0.573 e. The van der Waals surface area contributed by atoms with E-state index in [4.69, 9.17) is 0 Å². The van der Waals surface area contributed by atoms with E-state index < -0.39 is 6.36 Å². The maximum Gasteiger partial charge on any atom is 0.573 e.